The third kappa shape index (κ3) is 3.11. The lowest BCUT2D eigenvalue weighted by molar-refractivity contribution is 0.0694. The number of rotatable bonds is 5. The molecule has 2 aliphatic rings. The Morgan fingerprint density at radius 3 is 2.62 bits per heavy atom. The first-order valence-corrected chi connectivity index (χ1v) is 7.76. The monoisotopic (exact) mass is 288 g/mol. The van der Waals surface area contributed by atoms with Crippen LogP contribution in [0.3, 0.4) is 0 Å². The van der Waals surface area contributed by atoms with Crippen molar-refractivity contribution in [3.8, 4) is 0 Å². The Morgan fingerprint density at radius 2 is 2.00 bits per heavy atom. The Labute approximate surface area is 126 Å². The Morgan fingerprint density at radius 1 is 1.29 bits per heavy atom. The van der Waals surface area contributed by atoms with Gasteiger partial charge in [-0.15, -0.1) is 0 Å². The average Bonchev–Trinajstić information content (AvgIpc) is 3.20. The van der Waals surface area contributed by atoms with Crippen LogP contribution < -0.4 is 0 Å². The number of aromatic carboxylic acids is 1. The molecule has 21 heavy (non-hydrogen) atoms. The minimum atomic E-state index is -0.826. The van der Waals surface area contributed by atoms with Crippen molar-refractivity contribution in [3.63, 3.8) is 0 Å². The van der Waals surface area contributed by atoms with Gasteiger partial charge in [0.05, 0.1) is 5.56 Å². The van der Waals surface area contributed by atoms with Crippen molar-refractivity contribution in [2.24, 2.45) is 11.8 Å². The first-order chi connectivity index (χ1) is 10.1. The van der Waals surface area contributed by atoms with Crippen molar-refractivity contribution < 1.29 is 9.90 Å². The highest BCUT2D eigenvalue weighted by molar-refractivity contribution is 5.89. The predicted octanol–water partition coefficient (Wildman–Crippen LogP) is 2.16. The summed E-state index contributed by atoms with van der Waals surface area (Å²) in [5.41, 5.74) is 1.37. The SMILES string of the molecule is CN(C)[C@@H]1CN(Cc2ccccc2C(=O)O)C[C@H]1C1CC1. The van der Waals surface area contributed by atoms with Crippen LogP contribution in [-0.2, 0) is 6.54 Å². The van der Waals surface area contributed by atoms with Crippen molar-refractivity contribution in [1.82, 2.24) is 9.80 Å². The Balaban J connectivity index is 1.73. The van der Waals surface area contributed by atoms with Crippen molar-refractivity contribution in [3.05, 3.63) is 35.4 Å². The molecule has 4 heteroatoms. The molecule has 1 aromatic carbocycles. The van der Waals surface area contributed by atoms with E-state index in [1.807, 2.05) is 12.1 Å². The minimum Gasteiger partial charge on any atom is -0.478 e. The fourth-order valence-electron chi connectivity index (χ4n) is 3.66. The van der Waals surface area contributed by atoms with E-state index in [4.69, 9.17) is 0 Å². The fraction of sp³-hybridized carbons (Fsp3) is 0.588. The second-order valence-corrected chi connectivity index (χ2v) is 6.69. The summed E-state index contributed by atoms with van der Waals surface area (Å²) in [6.07, 6.45) is 2.74. The van der Waals surface area contributed by atoms with Crippen LogP contribution in [0.15, 0.2) is 24.3 Å². The molecule has 2 fully saturated rings. The van der Waals surface area contributed by atoms with Crippen LogP contribution in [-0.4, -0.2) is 54.1 Å². The lowest BCUT2D eigenvalue weighted by Crippen LogP contribution is -2.36. The minimum absolute atomic E-state index is 0.439. The molecule has 0 bridgehead atoms. The molecule has 0 aromatic heterocycles. The van der Waals surface area contributed by atoms with Gasteiger partial charge in [-0.2, -0.15) is 0 Å². The molecular weight excluding hydrogens is 264 g/mol. The van der Waals surface area contributed by atoms with Crippen molar-refractivity contribution in [2.75, 3.05) is 27.2 Å². The molecule has 1 saturated carbocycles. The van der Waals surface area contributed by atoms with Crippen molar-refractivity contribution in [1.29, 1.82) is 0 Å². The molecule has 0 amide bonds. The average molecular weight is 288 g/mol. The summed E-state index contributed by atoms with van der Waals surface area (Å²) >= 11 is 0. The zero-order chi connectivity index (χ0) is 15.0. The number of hydrogen-bond donors (Lipinski definition) is 1. The molecule has 1 N–H and O–H groups in total. The van der Waals surface area contributed by atoms with E-state index in [9.17, 15) is 9.90 Å². The summed E-state index contributed by atoms with van der Waals surface area (Å²) in [6, 6.07) is 7.98. The first-order valence-electron chi connectivity index (χ1n) is 7.76. The number of hydrogen-bond acceptors (Lipinski definition) is 3. The summed E-state index contributed by atoms with van der Waals surface area (Å²) in [6.45, 7) is 2.89. The van der Waals surface area contributed by atoms with Gasteiger partial charge < -0.3 is 10.0 Å². The van der Waals surface area contributed by atoms with Crippen LogP contribution >= 0.6 is 0 Å². The molecule has 1 saturated heterocycles. The molecule has 1 heterocycles. The number of likely N-dealkylation sites (tertiary alicyclic amines) is 1. The van der Waals surface area contributed by atoms with Gasteiger partial charge in [0.25, 0.3) is 0 Å². The summed E-state index contributed by atoms with van der Waals surface area (Å²) in [5.74, 6) is 0.807. The van der Waals surface area contributed by atoms with E-state index in [-0.39, 0.29) is 0 Å². The Kier molecular flexibility index (Phi) is 4.00. The van der Waals surface area contributed by atoms with Gasteiger partial charge in [-0.1, -0.05) is 18.2 Å². The van der Waals surface area contributed by atoms with Gasteiger partial charge in [-0.05, 0) is 50.4 Å². The number of benzene rings is 1. The van der Waals surface area contributed by atoms with Crippen LogP contribution in [0.2, 0.25) is 0 Å². The van der Waals surface area contributed by atoms with E-state index < -0.39 is 5.97 Å². The van der Waals surface area contributed by atoms with E-state index in [0.717, 1.165) is 37.0 Å². The summed E-state index contributed by atoms with van der Waals surface area (Å²) in [7, 11) is 4.32. The van der Waals surface area contributed by atoms with E-state index in [1.54, 1.807) is 12.1 Å². The highest BCUT2D eigenvalue weighted by atomic mass is 16.4. The molecule has 0 radical (unpaired) electrons. The molecule has 4 nitrogen and oxygen atoms in total. The van der Waals surface area contributed by atoms with Crippen molar-refractivity contribution in [2.45, 2.75) is 25.4 Å². The molecule has 0 spiro atoms. The number of nitrogens with zero attached hydrogens (tertiary/aromatic N) is 2. The van der Waals surface area contributed by atoms with Crippen LogP contribution in [0.1, 0.15) is 28.8 Å². The summed E-state index contributed by atoms with van der Waals surface area (Å²) in [4.78, 5) is 16.1. The number of carbonyl (C=O) groups is 1. The van der Waals surface area contributed by atoms with Gasteiger partial charge in [0.1, 0.15) is 0 Å². The highest BCUT2D eigenvalue weighted by Gasteiger charge is 2.43. The van der Waals surface area contributed by atoms with E-state index in [2.05, 4.69) is 23.9 Å². The van der Waals surface area contributed by atoms with Crippen LogP contribution in [0.4, 0.5) is 0 Å². The Bertz CT molecular complexity index is 515. The normalized spacial score (nSPS) is 26.4. The maximum absolute atomic E-state index is 11.3. The van der Waals surface area contributed by atoms with Gasteiger partial charge in [0.2, 0.25) is 0 Å². The zero-order valence-corrected chi connectivity index (χ0v) is 12.8. The number of carboxylic acid groups (broad SMARTS) is 1. The third-order valence-electron chi connectivity index (χ3n) is 4.94. The second kappa shape index (κ2) is 5.78. The molecule has 0 unspecified atom stereocenters. The smallest absolute Gasteiger partial charge is 0.336 e. The van der Waals surface area contributed by atoms with E-state index in [1.165, 1.54) is 12.8 Å². The Hall–Kier alpha value is -1.39. The lowest BCUT2D eigenvalue weighted by atomic mass is 9.97. The van der Waals surface area contributed by atoms with Crippen molar-refractivity contribution >= 4 is 5.97 Å². The largest absolute Gasteiger partial charge is 0.478 e. The van der Waals surface area contributed by atoms with E-state index >= 15 is 0 Å². The standard InChI is InChI=1S/C17H24N2O2/c1-18(2)16-11-19(10-15(16)12-7-8-12)9-13-5-3-4-6-14(13)17(20)21/h3-6,12,15-16H,7-11H2,1-2H3,(H,20,21)/t15-,16+/m0/s1. The summed E-state index contributed by atoms with van der Waals surface area (Å²) < 4.78 is 0. The number of carboxylic acids is 1. The van der Waals surface area contributed by atoms with Gasteiger partial charge in [0.15, 0.2) is 0 Å². The number of likely N-dealkylation sites (N-methyl/N-ethyl adjacent to an activating group) is 1. The summed E-state index contributed by atoms with van der Waals surface area (Å²) in [5, 5.41) is 9.30. The molecule has 1 aliphatic heterocycles. The zero-order valence-electron chi connectivity index (χ0n) is 12.8. The van der Waals surface area contributed by atoms with Gasteiger partial charge in [-0.25, -0.2) is 4.79 Å². The van der Waals surface area contributed by atoms with E-state index in [0.29, 0.717) is 11.6 Å². The quantitative estimate of drug-likeness (QED) is 0.901. The molecule has 1 aliphatic carbocycles. The predicted molar refractivity (Wildman–Crippen MR) is 82.4 cm³/mol. The van der Waals surface area contributed by atoms with Gasteiger partial charge in [0, 0.05) is 25.7 Å². The third-order valence-corrected chi connectivity index (χ3v) is 4.94. The first kappa shape index (κ1) is 14.5. The maximum atomic E-state index is 11.3. The maximum Gasteiger partial charge on any atom is 0.336 e. The molecule has 1 aromatic rings. The van der Waals surface area contributed by atoms with Gasteiger partial charge >= 0.3 is 5.97 Å². The molecule has 2 atom stereocenters. The fourth-order valence-corrected chi connectivity index (χ4v) is 3.66. The molecule has 3 rings (SSSR count). The van der Waals surface area contributed by atoms with Crippen LogP contribution in [0.25, 0.3) is 0 Å². The van der Waals surface area contributed by atoms with Gasteiger partial charge in [-0.3, -0.25) is 4.90 Å². The van der Waals surface area contributed by atoms with Crippen LogP contribution in [0, 0.1) is 11.8 Å². The van der Waals surface area contributed by atoms with Crippen LogP contribution in [0.5, 0.6) is 0 Å². The second-order valence-electron chi connectivity index (χ2n) is 6.69. The lowest BCUT2D eigenvalue weighted by Gasteiger charge is -2.25. The molecular formula is C17H24N2O2. The highest BCUT2D eigenvalue weighted by Crippen LogP contribution is 2.42. The molecule has 114 valence electrons. The topological polar surface area (TPSA) is 43.8 Å².